The number of aliphatic hydroxyl groups is 1. The Hall–Kier alpha value is -5.03. The average Bonchev–Trinajstić information content (AvgIpc) is 3.75. The predicted octanol–water partition coefficient (Wildman–Crippen LogP) is 8.06. The van der Waals surface area contributed by atoms with Gasteiger partial charge in [0.2, 0.25) is 5.78 Å². The summed E-state index contributed by atoms with van der Waals surface area (Å²) in [4.78, 5) is 34.3. The minimum atomic E-state index is -1.05. The molecule has 1 atom stereocenters. The van der Waals surface area contributed by atoms with Crippen LogP contribution in [-0.2, 0) is 4.79 Å². The summed E-state index contributed by atoms with van der Waals surface area (Å²) >= 11 is 1.26. The molecule has 1 amide bonds. The summed E-state index contributed by atoms with van der Waals surface area (Å²) in [6.07, 6.45) is 0.860. The minimum Gasteiger partial charge on any atom is -0.503 e. The number of amides is 1. The van der Waals surface area contributed by atoms with Crippen molar-refractivity contribution in [3.63, 3.8) is 0 Å². The number of methoxy groups -OCH3 is 1. The second kappa shape index (κ2) is 13.4. The number of thiazole rings is 1. The molecule has 1 unspecified atom stereocenters. The van der Waals surface area contributed by atoms with Gasteiger partial charge in [-0.15, -0.1) is 0 Å². The van der Waals surface area contributed by atoms with E-state index in [1.54, 1.807) is 42.5 Å². The summed E-state index contributed by atoms with van der Waals surface area (Å²) in [5, 5.41) is 12.4. The molecule has 2 aromatic heterocycles. The number of carbonyl (C=O) groups is 2. The Labute approximate surface area is 276 Å². The van der Waals surface area contributed by atoms with Crippen LogP contribution in [0.3, 0.4) is 0 Å². The number of carbonyl (C=O) groups excluding carboxylic acids is 2. The van der Waals surface area contributed by atoms with E-state index in [1.165, 1.54) is 23.3 Å². The number of hydrogen-bond donors (Lipinski definition) is 1. The molecule has 47 heavy (non-hydrogen) atoms. The number of rotatable bonds is 13. The highest BCUT2D eigenvalue weighted by atomic mass is 32.1. The van der Waals surface area contributed by atoms with Crippen molar-refractivity contribution in [1.82, 2.24) is 4.98 Å². The molecule has 11 heteroatoms. The number of fused-ring (bicyclic) bond motifs is 2. The van der Waals surface area contributed by atoms with Crippen molar-refractivity contribution in [2.75, 3.05) is 31.8 Å². The molecule has 1 N–H and O–H groups in total. The van der Waals surface area contributed by atoms with Gasteiger partial charge < -0.3 is 28.5 Å². The first-order valence-corrected chi connectivity index (χ1v) is 16.4. The van der Waals surface area contributed by atoms with Crippen LogP contribution < -0.4 is 23.8 Å². The third-order valence-corrected chi connectivity index (χ3v) is 8.82. The van der Waals surface area contributed by atoms with E-state index in [9.17, 15) is 14.7 Å². The number of anilines is 1. The number of ether oxygens (including phenoxy) is 4. The van der Waals surface area contributed by atoms with Gasteiger partial charge in [0.05, 0.1) is 48.8 Å². The SMILES string of the molecule is CCOc1ccc2nc(N3C(=O)C(O)=C(C(=O)c4cc5cccc(OC)c5o4)C3c3ccc(OCCC(C)C)c(OCC)c3)sc2c1. The fourth-order valence-electron chi connectivity index (χ4n) is 5.53. The zero-order valence-electron chi connectivity index (χ0n) is 26.9. The van der Waals surface area contributed by atoms with Crippen molar-refractivity contribution in [2.24, 2.45) is 5.92 Å². The molecule has 0 saturated carbocycles. The van der Waals surface area contributed by atoms with Crippen molar-refractivity contribution < 1.29 is 38.1 Å². The fourth-order valence-corrected chi connectivity index (χ4v) is 6.55. The average molecular weight is 657 g/mol. The summed E-state index contributed by atoms with van der Waals surface area (Å²) < 4.78 is 29.9. The monoisotopic (exact) mass is 656 g/mol. The van der Waals surface area contributed by atoms with E-state index >= 15 is 0 Å². The number of nitrogens with zero attached hydrogens (tertiary/aromatic N) is 2. The lowest BCUT2D eigenvalue weighted by molar-refractivity contribution is -0.117. The second-order valence-electron chi connectivity index (χ2n) is 11.4. The molecule has 0 fully saturated rings. The van der Waals surface area contributed by atoms with E-state index in [4.69, 9.17) is 28.3 Å². The van der Waals surface area contributed by atoms with Gasteiger partial charge in [0.25, 0.3) is 5.91 Å². The highest BCUT2D eigenvalue weighted by Gasteiger charge is 2.47. The molecule has 0 aliphatic carbocycles. The first-order chi connectivity index (χ1) is 22.7. The first kappa shape index (κ1) is 31.9. The van der Waals surface area contributed by atoms with Gasteiger partial charge in [0.15, 0.2) is 39.5 Å². The molecule has 0 bridgehead atoms. The molecule has 244 valence electrons. The summed E-state index contributed by atoms with van der Waals surface area (Å²) in [6.45, 7) is 9.38. The Morgan fingerprint density at radius 3 is 2.55 bits per heavy atom. The van der Waals surface area contributed by atoms with Crippen LogP contribution in [0, 0.1) is 5.92 Å². The summed E-state index contributed by atoms with van der Waals surface area (Å²) in [5.41, 5.74) is 1.41. The van der Waals surface area contributed by atoms with Crippen LogP contribution >= 0.6 is 11.3 Å². The first-order valence-electron chi connectivity index (χ1n) is 15.5. The quantitative estimate of drug-likeness (QED) is 0.125. The van der Waals surface area contributed by atoms with Crippen LogP contribution in [0.4, 0.5) is 5.13 Å². The number of aromatic nitrogens is 1. The highest BCUT2D eigenvalue weighted by molar-refractivity contribution is 7.22. The Bertz CT molecular complexity index is 1990. The second-order valence-corrected chi connectivity index (χ2v) is 12.4. The fraction of sp³-hybridized carbons (Fsp3) is 0.306. The maximum Gasteiger partial charge on any atom is 0.296 e. The normalized spacial score (nSPS) is 14.9. The molecule has 5 aromatic rings. The zero-order chi connectivity index (χ0) is 33.2. The Morgan fingerprint density at radius 1 is 1.00 bits per heavy atom. The van der Waals surface area contributed by atoms with Gasteiger partial charge in [-0.3, -0.25) is 14.5 Å². The number of furan rings is 1. The molecule has 10 nitrogen and oxygen atoms in total. The zero-order valence-corrected chi connectivity index (χ0v) is 27.7. The number of ketones is 1. The Balaban J connectivity index is 1.47. The van der Waals surface area contributed by atoms with Crippen LogP contribution in [0.15, 0.2) is 76.4 Å². The van der Waals surface area contributed by atoms with Crippen molar-refractivity contribution in [3.05, 3.63) is 83.3 Å². The van der Waals surface area contributed by atoms with Crippen LogP contribution in [0.1, 0.15) is 56.3 Å². The van der Waals surface area contributed by atoms with E-state index in [0.717, 1.165) is 11.1 Å². The molecule has 3 aromatic carbocycles. The largest absolute Gasteiger partial charge is 0.503 e. The number of benzene rings is 3. The van der Waals surface area contributed by atoms with E-state index in [0.29, 0.717) is 75.9 Å². The maximum atomic E-state index is 14.3. The van der Waals surface area contributed by atoms with Gasteiger partial charge in [-0.2, -0.15) is 0 Å². The third kappa shape index (κ3) is 6.10. The van der Waals surface area contributed by atoms with Crippen LogP contribution in [0.25, 0.3) is 21.2 Å². The van der Waals surface area contributed by atoms with Gasteiger partial charge >= 0.3 is 0 Å². The van der Waals surface area contributed by atoms with Crippen molar-refractivity contribution in [2.45, 2.75) is 40.2 Å². The lowest BCUT2D eigenvalue weighted by Gasteiger charge is -2.25. The molecule has 0 spiro atoms. The molecule has 6 rings (SSSR count). The molecule has 1 aliphatic heterocycles. The van der Waals surface area contributed by atoms with Crippen molar-refractivity contribution in [1.29, 1.82) is 0 Å². The smallest absolute Gasteiger partial charge is 0.296 e. The lowest BCUT2D eigenvalue weighted by atomic mass is 9.95. The Kier molecular flexibility index (Phi) is 9.08. The van der Waals surface area contributed by atoms with Gasteiger partial charge in [-0.25, -0.2) is 4.98 Å². The van der Waals surface area contributed by atoms with E-state index in [1.807, 2.05) is 32.0 Å². The van der Waals surface area contributed by atoms with Crippen molar-refractivity contribution >= 4 is 49.3 Å². The van der Waals surface area contributed by atoms with Gasteiger partial charge in [-0.1, -0.05) is 43.4 Å². The van der Waals surface area contributed by atoms with Crippen molar-refractivity contribution in [3.8, 4) is 23.0 Å². The highest BCUT2D eigenvalue weighted by Crippen LogP contribution is 2.46. The maximum absolute atomic E-state index is 14.3. The molecular formula is C36H36N2O8S. The van der Waals surface area contributed by atoms with Gasteiger partial charge in [0.1, 0.15) is 5.75 Å². The third-order valence-electron chi connectivity index (χ3n) is 7.81. The minimum absolute atomic E-state index is 0.0463. The lowest BCUT2D eigenvalue weighted by Crippen LogP contribution is -2.31. The summed E-state index contributed by atoms with van der Waals surface area (Å²) in [6, 6.07) is 16.6. The summed E-state index contributed by atoms with van der Waals surface area (Å²) in [7, 11) is 1.51. The number of aliphatic hydroxyl groups excluding tert-OH is 1. The topological polar surface area (TPSA) is 121 Å². The Morgan fingerprint density at radius 2 is 1.81 bits per heavy atom. The van der Waals surface area contributed by atoms with Crippen LogP contribution in [0.2, 0.25) is 0 Å². The van der Waals surface area contributed by atoms with E-state index < -0.39 is 23.5 Å². The molecular weight excluding hydrogens is 620 g/mol. The van der Waals surface area contributed by atoms with E-state index in [2.05, 4.69) is 13.8 Å². The molecule has 3 heterocycles. The molecule has 1 aliphatic rings. The van der Waals surface area contributed by atoms with Gasteiger partial charge in [-0.05, 0) is 74.2 Å². The van der Waals surface area contributed by atoms with Crippen LogP contribution in [-0.4, -0.2) is 48.7 Å². The molecule has 0 radical (unpaired) electrons. The van der Waals surface area contributed by atoms with E-state index in [-0.39, 0.29) is 11.3 Å². The number of Topliss-reactive ketones (excluding diaryl/α,β-unsaturated/α-hetero) is 1. The summed E-state index contributed by atoms with van der Waals surface area (Å²) in [5.74, 6) is 0.456. The number of hydrogen-bond acceptors (Lipinski definition) is 10. The van der Waals surface area contributed by atoms with Crippen LogP contribution in [0.5, 0.6) is 23.0 Å². The standard InChI is InChI=1S/C36H36N2O8S/c1-6-43-23-12-13-24-29(19-23)47-36(37-24)38-31(21-11-14-25(27(17-21)44-7-2)45-16-15-20(3)4)30(33(40)35(38)41)32(39)28-18-22-9-8-10-26(42-5)34(22)46-28/h8-14,17-20,31,40H,6-7,15-16H2,1-5H3. The predicted molar refractivity (Wildman–Crippen MR) is 180 cm³/mol. The molecule has 0 saturated heterocycles. The van der Waals surface area contributed by atoms with Gasteiger partial charge in [0, 0.05) is 5.39 Å². The number of para-hydroxylation sites is 1.